The summed E-state index contributed by atoms with van der Waals surface area (Å²) in [4.78, 5) is 10.9. The van der Waals surface area contributed by atoms with E-state index in [1.807, 2.05) is 6.92 Å². The van der Waals surface area contributed by atoms with E-state index in [0.717, 1.165) is 0 Å². The summed E-state index contributed by atoms with van der Waals surface area (Å²) < 4.78 is 9.85. The quantitative estimate of drug-likeness (QED) is 0.523. The molecule has 0 radical (unpaired) electrons. The summed E-state index contributed by atoms with van der Waals surface area (Å²) in [5.41, 5.74) is 0. The van der Waals surface area contributed by atoms with Gasteiger partial charge in [-0.2, -0.15) is 0 Å². The fourth-order valence-electron chi connectivity index (χ4n) is 0.826. The highest BCUT2D eigenvalue weighted by Crippen LogP contribution is 1.86. The average molecular weight is 190 g/mol. The Hall–Kier alpha value is -0.650. The number of nitrogens with one attached hydrogen (secondary N) is 2. The van der Waals surface area contributed by atoms with E-state index < -0.39 is 0 Å². The molecule has 5 heteroatoms. The molecule has 0 aliphatic rings. The standard InChI is InChI=1S/C8H18N2O3/c1-4-10-7(11)5-9-6-8(12-2)13-3/h8-9H,4-6H2,1-3H3,(H,10,11). The summed E-state index contributed by atoms with van der Waals surface area (Å²) in [5, 5.41) is 5.58. The number of methoxy groups -OCH3 is 2. The lowest BCUT2D eigenvalue weighted by Gasteiger charge is -2.13. The number of likely N-dealkylation sites (N-methyl/N-ethyl adjacent to an activating group) is 1. The zero-order chi connectivity index (χ0) is 10.1. The maximum absolute atomic E-state index is 10.9. The van der Waals surface area contributed by atoms with Gasteiger partial charge >= 0.3 is 0 Å². The highest BCUT2D eigenvalue weighted by Gasteiger charge is 2.04. The molecule has 5 nitrogen and oxygen atoms in total. The Kier molecular flexibility index (Phi) is 7.57. The van der Waals surface area contributed by atoms with Crippen LogP contribution in [0.25, 0.3) is 0 Å². The zero-order valence-electron chi connectivity index (χ0n) is 8.42. The van der Waals surface area contributed by atoms with Crippen molar-refractivity contribution in [3.8, 4) is 0 Å². The van der Waals surface area contributed by atoms with Crippen LogP contribution < -0.4 is 10.6 Å². The van der Waals surface area contributed by atoms with Gasteiger partial charge in [-0.05, 0) is 6.92 Å². The van der Waals surface area contributed by atoms with Crippen LogP contribution in [0.5, 0.6) is 0 Å². The SMILES string of the molecule is CCNC(=O)CNCC(OC)OC. The lowest BCUT2D eigenvalue weighted by Crippen LogP contribution is -2.38. The number of ether oxygens (including phenoxy) is 2. The van der Waals surface area contributed by atoms with Crippen LogP contribution in [0.2, 0.25) is 0 Å². The van der Waals surface area contributed by atoms with Crippen LogP contribution in [-0.4, -0.2) is 46.1 Å². The summed E-state index contributed by atoms with van der Waals surface area (Å²) >= 11 is 0. The van der Waals surface area contributed by atoms with Crippen molar-refractivity contribution in [3.05, 3.63) is 0 Å². The van der Waals surface area contributed by atoms with Gasteiger partial charge in [-0.1, -0.05) is 0 Å². The van der Waals surface area contributed by atoms with Gasteiger partial charge in [-0.15, -0.1) is 0 Å². The lowest BCUT2D eigenvalue weighted by molar-refractivity contribution is -0.121. The third-order valence-corrected chi connectivity index (χ3v) is 1.50. The number of hydrogen-bond acceptors (Lipinski definition) is 4. The van der Waals surface area contributed by atoms with Gasteiger partial charge in [0.2, 0.25) is 5.91 Å². The monoisotopic (exact) mass is 190 g/mol. The van der Waals surface area contributed by atoms with Crippen LogP contribution in [0, 0.1) is 0 Å². The van der Waals surface area contributed by atoms with Crippen molar-refractivity contribution in [2.24, 2.45) is 0 Å². The van der Waals surface area contributed by atoms with Gasteiger partial charge in [-0.3, -0.25) is 4.79 Å². The molecule has 0 bridgehead atoms. The molecule has 0 rings (SSSR count). The normalized spacial score (nSPS) is 10.5. The maximum Gasteiger partial charge on any atom is 0.233 e. The Morgan fingerprint density at radius 2 is 2.00 bits per heavy atom. The molecular formula is C8H18N2O3. The van der Waals surface area contributed by atoms with E-state index in [0.29, 0.717) is 13.1 Å². The second-order valence-corrected chi connectivity index (χ2v) is 2.49. The molecule has 0 saturated heterocycles. The fourth-order valence-corrected chi connectivity index (χ4v) is 0.826. The average Bonchev–Trinajstić information content (AvgIpc) is 2.13. The van der Waals surface area contributed by atoms with Crippen molar-refractivity contribution < 1.29 is 14.3 Å². The minimum atomic E-state index is -0.297. The fraction of sp³-hybridized carbons (Fsp3) is 0.875. The second-order valence-electron chi connectivity index (χ2n) is 2.49. The third kappa shape index (κ3) is 6.51. The Morgan fingerprint density at radius 3 is 2.46 bits per heavy atom. The van der Waals surface area contributed by atoms with E-state index in [1.165, 1.54) is 0 Å². The van der Waals surface area contributed by atoms with E-state index in [4.69, 9.17) is 9.47 Å². The predicted octanol–water partition coefficient (Wildman–Crippen LogP) is -0.669. The zero-order valence-corrected chi connectivity index (χ0v) is 8.42. The predicted molar refractivity (Wildman–Crippen MR) is 49.4 cm³/mol. The Balaban J connectivity index is 3.37. The highest BCUT2D eigenvalue weighted by atomic mass is 16.7. The van der Waals surface area contributed by atoms with Gasteiger partial charge in [0.15, 0.2) is 6.29 Å². The third-order valence-electron chi connectivity index (χ3n) is 1.50. The van der Waals surface area contributed by atoms with Crippen molar-refractivity contribution in [1.82, 2.24) is 10.6 Å². The Labute approximate surface area is 78.8 Å². The van der Waals surface area contributed by atoms with Gasteiger partial charge in [-0.25, -0.2) is 0 Å². The van der Waals surface area contributed by atoms with Crippen molar-refractivity contribution in [1.29, 1.82) is 0 Å². The number of carbonyl (C=O) groups excluding carboxylic acids is 1. The lowest BCUT2D eigenvalue weighted by atomic mass is 10.5. The molecule has 0 saturated carbocycles. The molecular weight excluding hydrogens is 172 g/mol. The van der Waals surface area contributed by atoms with E-state index in [1.54, 1.807) is 14.2 Å². The summed E-state index contributed by atoms with van der Waals surface area (Å²) in [6.07, 6.45) is -0.297. The number of hydrogen-bond donors (Lipinski definition) is 2. The highest BCUT2D eigenvalue weighted by molar-refractivity contribution is 5.77. The molecule has 0 aromatic rings. The molecule has 13 heavy (non-hydrogen) atoms. The van der Waals surface area contributed by atoms with Crippen LogP contribution in [0.4, 0.5) is 0 Å². The number of amides is 1. The molecule has 78 valence electrons. The van der Waals surface area contributed by atoms with Crippen molar-refractivity contribution in [3.63, 3.8) is 0 Å². The van der Waals surface area contributed by atoms with Crippen molar-refractivity contribution >= 4 is 5.91 Å². The molecule has 2 N–H and O–H groups in total. The van der Waals surface area contributed by atoms with E-state index >= 15 is 0 Å². The number of carbonyl (C=O) groups is 1. The summed E-state index contributed by atoms with van der Waals surface area (Å²) in [6.45, 7) is 3.32. The summed E-state index contributed by atoms with van der Waals surface area (Å²) in [5.74, 6) is -0.0199. The first kappa shape index (κ1) is 12.3. The molecule has 0 fully saturated rings. The first-order valence-electron chi connectivity index (χ1n) is 4.27. The molecule has 0 atom stereocenters. The first-order chi connectivity index (χ1) is 6.24. The Bertz CT molecular complexity index is 137. The molecule has 1 amide bonds. The van der Waals surface area contributed by atoms with E-state index in [-0.39, 0.29) is 18.7 Å². The van der Waals surface area contributed by atoms with Crippen LogP contribution in [-0.2, 0) is 14.3 Å². The van der Waals surface area contributed by atoms with Gasteiger partial charge < -0.3 is 20.1 Å². The molecule has 0 aliphatic heterocycles. The van der Waals surface area contributed by atoms with Crippen LogP contribution in [0.1, 0.15) is 6.92 Å². The second kappa shape index (κ2) is 7.97. The molecule has 0 heterocycles. The van der Waals surface area contributed by atoms with Gasteiger partial charge in [0.1, 0.15) is 0 Å². The Morgan fingerprint density at radius 1 is 1.38 bits per heavy atom. The summed E-state index contributed by atoms with van der Waals surface area (Å²) in [7, 11) is 3.12. The van der Waals surface area contributed by atoms with Crippen LogP contribution in [0.15, 0.2) is 0 Å². The molecule has 0 unspecified atom stereocenters. The van der Waals surface area contributed by atoms with Gasteiger partial charge in [0, 0.05) is 27.3 Å². The minimum Gasteiger partial charge on any atom is -0.355 e. The first-order valence-corrected chi connectivity index (χ1v) is 4.27. The maximum atomic E-state index is 10.9. The van der Waals surface area contributed by atoms with Crippen molar-refractivity contribution in [2.45, 2.75) is 13.2 Å². The topological polar surface area (TPSA) is 59.6 Å². The van der Waals surface area contributed by atoms with Crippen LogP contribution >= 0.6 is 0 Å². The smallest absolute Gasteiger partial charge is 0.233 e. The van der Waals surface area contributed by atoms with E-state index in [2.05, 4.69) is 10.6 Å². The van der Waals surface area contributed by atoms with Gasteiger partial charge in [0.05, 0.1) is 6.54 Å². The number of rotatable bonds is 7. The van der Waals surface area contributed by atoms with Crippen molar-refractivity contribution in [2.75, 3.05) is 33.9 Å². The largest absolute Gasteiger partial charge is 0.355 e. The minimum absolute atomic E-state index is 0.0199. The summed E-state index contributed by atoms with van der Waals surface area (Å²) in [6, 6.07) is 0. The molecule has 0 aromatic heterocycles. The molecule has 0 aliphatic carbocycles. The molecule has 0 aromatic carbocycles. The molecule has 0 spiro atoms. The van der Waals surface area contributed by atoms with Crippen LogP contribution in [0.3, 0.4) is 0 Å². The van der Waals surface area contributed by atoms with E-state index in [9.17, 15) is 4.79 Å². The van der Waals surface area contributed by atoms with Gasteiger partial charge in [0.25, 0.3) is 0 Å².